The summed E-state index contributed by atoms with van der Waals surface area (Å²) in [5, 5.41) is 0. The molecule has 0 N–H and O–H groups in total. The Morgan fingerprint density at radius 1 is 1.21 bits per heavy atom. The first-order valence-electron chi connectivity index (χ1n) is 4.44. The normalized spacial score (nSPS) is 25.9. The molecular formula is C11H5BrOS. The van der Waals surface area contributed by atoms with Crippen LogP contribution in [0.5, 0.6) is 0 Å². The number of ether oxygens (including phenoxy) is 1. The van der Waals surface area contributed by atoms with Gasteiger partial charge in [-0.05, 0) is 21.5 Å². The fourth-order valence-electron chi connectivity index (χ4n) is 2.22. The van der Waals surface area contributed by atoms with E-state index in [1.165, 1.54) is 26.5 Å². The highest BCUT2D eigenvalue weighted by molar-refractivity contribution is 9.11. The predicted molar refractivity (Wildman–Crippen MR) is 60.7 cm³/mol. The van der Waals surface area contributed by atoms with Crippen LogP contribution < -0.4 is 0 Å². The van der Waals surface area contributed by atoms with Crippen molar-refractivity contribution in [2.24, 2.45) is 0 Å². The summed E-state index contributed by atoms with van der Waals surface area (Å²) in [5.74, 6) is 0. The molecule has 0 saturated carbocycles. The number of rotatable bonds is 0. The van der Waals surface area contributed by atoms with Crippen molar-refractivity contribution in [3.63, 3.8) is 0 Å². The molecule has 0 spiro atoms. The zero-order valence-corrected chi connectivity index (χ0v) is 9.48. The standard InChI is InChI=1S/C11H5BrOS/c12-11-10-7-8(13-11)5-3-1-2-4-6(5)9(7)14-10/h1-4,8H/t8-/m1/s1. The number of benzene rings is 1. The van der Waals surface area contributed by atoms with Crippen molar-refractivity contribution in [2.45, 2.75) is 6.10 Å². The highest BCUT2D eigenvalue weighted by Gasteiger charge is 2.47. The molecule has 3 heteroatoms. The van der Waals surface area contributed by atoms with Gasteiger partial charge in [0.05, 0.1) is 4.91 Å². The summed E-state index contributed by atoms with van der Waals surface area (Å²) in [6, 6.07) is 8.49. The van der Waals surface area contributed by atoms with E-state index in [0.717, 1.165) is 4.67 Å². The van der Waals surface area contributed by atoms with Crippen LogP contribution in [0.1, 0.15) is 17.2 Å². The number of hydrogen-bond donors (Lipinski definition) is 0. The topological polar surface area (TPSA) is 9.23 Å². The molecule has 2 heterocycles. The van der Waals surface area contributed by atoms with Crippen molar-refractivity contribution in [2.75, 3.05) is 0 Å². The van der Waals surface area contributed by atoms with Gasteiger partial charge in [-0.2, -0.15) is 0 Å². The van der Waals surface area contributed by atoms with Gasteiger partial charge in [-0.3, -0.25) is 0 Å². The molecule has 68 valence electrons. The summed E-state index contributed by atoms with van der Waals surface area (Å²) in [6.07, 6.45) is 0.173. The van der Waals surface area contributed by atoms with Crippen LogP contribution >= 0.6 is 27.7 Å². The van der Waals surface area contributed by atoms with E-state index in [4.69, 9.17) is 4.74 Å². The smallest absolute Gasteiger partial charge is 0.177 e. The van der Waals surface area contributed by atoms with Gasteiger partial charge in [-0.1, -0.05) is 36.0 Å². The van der Waals surface area contributed by atoms with Crippen LogP contribution in [0.4, 0.5) is 0 Å². The lowest BCUT2D eigenvalue weighted by Crippen LogP contribution is -1.96. The average Bonchev–Trinajstić information content (AvgIpc) is 2.49. The molecule has 1 nitrogen and oxygen atoms in total. The van der Waals surface area contributed by atoms with Crippen molar-refractivity contribution >= 4 is 32.6 Å². The largest absolute Gasteiger partial charge is 0.473 e. The lowest BCUT2D eigenvalue weighted by atomic mass is 10.1. The van der Waals surface area contributed by atoms with E-state index >= 15 is 0 Å². The third-order valence-corrected chi connectivity index (χ3v) is 4.94. The van der Waals surface area contributed by atoms with Crippen LogP contribution in [0.2, 0.25) is 0 Å². The Bertz CT molecular complexity index is 530. The Morgan fingerprint density at radius 2 is 2.07 bits per heavy atom. The van der Waals surface area contributed by atoms with Gasteiger partial charge in [-0.25, -0.2) is 0 Å². The maximum atomic E-state index is 5.78. The molecule has 0 radical (unpaired) electrons. The second-order valence-electron chi connectivity index (χ2n) is 3.53. The predicted octanol–water partition coefficient (Wildman–Crippen LogP) is 3.79. The highest BCUT2D eigenvalue weighted by Crippen LogP contribution is 2.67. The van der Waals surface area contributed by atoms with Gasteiger partial charge >= 0.3 is 0 Å². The van der Waals surface area contributed by atoms with Crippen LogP contribution in [0.25, 0.3) is 4.91 Å². The van der Waals surface area contributed by atoms with Crippen molar-refractivity contribution in [3.05, 3.63) is 50.5 Å². The molecule has 1 aromatic rings. The van der Waals surface area contributed by atoms with E-state index in [-0.39, 0.29) is 6.10 Å². The molecular weight excluding hydrogens is 260 g/mol. The van der Waals surface area contributed by atoms with Gasteiger partial charge in [0.1, 0.15) is 0 Å². The Morgan fingerprint density at radius 3 is 3.00 bits per heavy atom. The summed E-state index contributed by atoms with van der Waals surface area (Å²) in [6.45, 7) is 0. The third kappa shape index (κ3) is 0.675. The first kappa shape index (κ1) is 7.60. The van der Waals surface area contributed by atoms with Gasteiger partial charge in [0.15, 0.2) is 10.8 Å². The van der Waals surface area contributed by atoms with E-state index < -0.39 is 0 Å². The zero-order chi connectivity index (χ0) is 9.28. The molecule has 0 saturated heterocycles. The van der Waals surface area contributed by atoms with E-state index in [1.54, 1.807) is 0 Å². The molecule has 0 unspecified atom stereocenters. The molecule has 14 heavy (non-hydrogen) atoms. The molecule has 0 bridgehead atoms. The van der Waals surface area contributed by atoms with Crippen LogP contribution in [0.15, 0.2) is 39.4 Å². The Balaban J connectivity index is 2.04. The number of halogens is 1. The molecule has 4 rings (SSSR count). The first-order valence-corrected chi connectivity index (χ1v) is 6.05. The van der Waals surface area contributed by atoms with Crippen molar-refractivity contribution in [1.29, 1.82) is 0 Å². The zero-order valence-electron chi connectivity index (χ0n) is 7.08. The maximum absolute atomic E-state index is 5.78. The van der Waals surface area contributed by atoms with Crippen LogP contribution in [0.3, 0.4) is 0 Å². The van der Waals surface area contributed by atoms with Gasteiger partial charge in [0.2, 0.25) is 0 Å². The van der Waals surface area contributed by atoms with E-state index in [9.17, 15) is 0 Å². The minimum absolute atomic E-state index is 0.173. The Hall–Kier alpha value is -0.670. The fraction of sp³-hybridized carbons (Fsp3) is 0.0909. The highest BCUT2D eigenvalue weighted by atomic mass is 79.9. The molecule has 2 aliphatic heterocycles. The third-order valence-electron chi connectivity index (χ3n) is 2.84. The molecule has 0 aromatic heterocycles. The van der Waals surface area contributed by atoms with E-state index in [0.29, 0.717) is 0 Å². The van der Waals surface area contributed by atoms with Crippen molar-refractivity contribution < 1.29 is 4.74 Å². The van der Waals surface area contributed by atoms with Crippen LogP contribution in [0, 0.1) is 0 Å². The molecule has 1 aliphatic carbocycles. The molecule has 0 fully saturated rings. The van der Waals surface area contributed by atoms with Gasteiger partial charge in [-0.15, -0.1) is 0 Å². The summed E-state index contributed by atoms with van der Waals surface area (Å²) in [4.78, 5) is 2.70. The van der Waals surface area contributed by atoms with Gasteiger partial charge < -0.3 is 4.74 Å². The van der Waals surface area contributed by atoms with Gasteiger partial charge in [0, 0.05) is 16.0 Å². The molecule has 1 aromatic carbocycles. The number of thioether (sulfide) groups is 1. The van der Waals surface area contributed by atoms with Gasteiger partial charge in [0.25, 0.3) is 0 Å². The lowest BCUT2D eigenvalue weighted by molar-refractivity contribution is 0.196. The molecule has 0 amide bonds. The molecule has 3 aliphatic rings. The first-order chi connectivity index (χ1) is 6.86. The number of hydrogen-bond acceptors (Lipinski definition) is 2. The van der Waals surface area contributed by atoms with Crippen LogP contribution in [-0.4, -0.2) is 0 Å². The SMILES string of the molecule is BrC1=C2SC3=C2[C@H](O1)c1ccccc13. The Kier molecular flexibility index (Phi) is 1.24. The summed E-state index contributed by atoms with van der Waals surface area (Å²) >= 11 is 5.28. The van der Waals surface area contributed by atoms with Crippen molar-refractivity contribution in [1.82, 2.24) is 0 Å². The number of fused-ring (bicyclic) bond motifs is 3. The summed E-state index contributed by atoms with van der Waals surface area (Å²) < 4.78 is 6.70. The Labute approximate surface area is 94.0 Å². The lowest BCUT2D eigenvalue weighted by Gasteiger charge is -2.16. The quantitative estimate of drug-likeness (QED) is 0.705. The minimum Gasteiger partial charge on any atom is -0.473 e. The fourth-order valence-corrected chi connectivity index (χ4v) is 3.98. The minimum atomic E-state index is 0.173. The van der Waals surface area contributed by atoms with Crippen molar-refractivity contribution in [3.8, 4) is 0 Å². The molecule has 1 atom stereocenters. The average molecular weight is 265 g/mol. The van der Waals surface area contributed by atoms with E-state index in [2.05, 4.69) is 40.2 Å². The summed E-state index contributed by atoms with van der Waals surface area (Å²) in [7, 11) is 0. The van der Waals surface area contributed by atoms with E-state index in [1.807, 2.05) is 11.8 Å². The second kappa shape index (κ2) is 2.28. The monoisotopic (exact) mass is 264 g/mol. The summed E-state index contributed by atoms with van der Waals surface area (Å²) in [5.41, 5.74) is 4.07. The maximum Gasteiger partial charge on any atom is 0.177 e. The van der Waals surface area contributed by atoms with Crippen LogP contribution in [-0.2, 0) is 4.74 Å². The second-order valence-corrected chi connectivity index (χ2v) is 5.27.